The van der Waals surface area contributed by atoms with Crippen LogP contribution < -0.4 is 19.5 Å². The fourth-order valence-corrected chi connectivity index (χ4v) is 1.79. The molecule has 0 radical (unpaired) electrons. The van der Waals surface area contributed by atoms with Crippen LogP contribution >= 0.6 is 11.5 Å². The van der Waals surface area contributed by atoms with Gasteiger partial charge < -0.3 is 19.5 Å². The van der Waals surface area contributed by atoms with E-state index in [-0.39, 0.29) is 0 Å². The van der Waals surface area contributed by atoms with E-state index in [2.05, 4.69) is 20.1 Å². The van der Waals surface area contributed by atoms with Crippen molar-refractivity contribution in [3.63, 3.8) is 0 Å². The minimum atomic E-state index is 0.553. The van der Waals surface area contributed by atoms with Crippen LogP contribution in [0.2, 0.25) is 0 Å². The number of anilines is 2. The van der Waals surface area contributed by atoms with E-state index in [0.717, 1.165) is 11.5 Å². The largest absolute Gasteiger partial charge is 0.496 e. The summed E-state index contributed by atoms with van der Waals surface area (Å²) in [6.07, 6.45) is 0. The summed E-state index contributed by atoms with van der Waals surface area (Å²) in [7, 11) is 4.71. The van der Waals surface area contributed by atoms with Crippen molar-refractivity contribution in [2.24, 2.45) is 0 Å². The Labute approximate surface area is 108 Å². The Morgan fingerprint density at radius 2 is 1.72 bits per heavy atom. The Kier molecular flexibility index (Phi) is 3.78. The van der Waals surface area contributed by atoms with Crippen LogP contribution in [0, 0.1) is 0 Å². The van der Waals surface area contributed by atoms with Crippen LogP contribution in [0.3, 0.4) is 0 Å². The zero-order chi connectivity index (χ0) is 13.0. The quantitative estimate of drug-likeness (QED) is 0.884. The second kappa shape index (κ2) is 5.50. The summed E-state index contributed by atoms with van der Waals surface area (Å²) >= 11 is 1.14. The lowest BCUT2D eigenvalue weighted by molar-refractivity contribution is 0.378. The lowest BCUT2D eigenvalue weighted by Crippen LogP contribution is -1.99. The van der Waals surface area contributed by atoms with Gasteiger partial charge in [-0.1, -0.05) is 9.59 Å². The lowest BCUT2D eigenvalue weighted by Gasteiger charge is -2.14. The number of nitrogens with one attached hydrogen (secondary N) is 1. The molecule has 0 spiro atoms. The summed E-state index contributed by atoms with van der Waals surface area (Å²) in [4.78, 5) is 0. The number of rotatable bonds is 5. The molecule has 0 saturated carbocycles. The van der Waals surface area contributed by atoms with Gasteiger partial charge in [0.1, 0.15) is 22.9 Å². The van der Waals surface area contributed by atoms with Crippen LogP contribution in [0.25, 0.3) is 0 Å². The third-order valence-electron chi connectivity index (χ3n) is 2.25. The Morgan fingerprint density at radius 1 is 1.06 bits per heavy atom. The van der Waals surface area contributed by atoms with Gasteiger partial charge in [0.25, 0.3) is 0 Å². The van der Waals surface area contributed by atoms with Gasteiger partial charge in [0.05, 0.1) is 21.3 Å². The van der Waals surface area contributed by atoms with Gasteiger partial charge in [-0.05, 0) is 5.21 Å². The van der Waals surface area contributed by atoms with Gasteiger partial charge in [0.2, 0.25) is 5.13 Å². The molecule has 18 heavy (non-hydrogen) atoms. The monoisotopic (exact) mass is 268 g/mol. The van der Waals surface area contributed by atoms with Crippen molar-refractivity contribution < 1.29 is 14.2 Å². The van der Waals surface area contributed by atoms with Crippen LogP contribution in [0.1, 0.15) is 0 Å². The molecular formula is C10H12N4O3S. The van der Waals surface area contributed by atoms with Gasteiger partial charge in [0, 0.05) is 23.7 Å². The molecule has 1 aromatic carbocycles. The fraction of sp³-hybridized carbons (Fsp3) is 0.300. The molecule has 0 amide bonds. The Balaban J connectivity index is 2.43. The molecule has 96 valence electrons. The standard InChI is InChI=1S/C10H12N4O3S/c1-15-6-4-7(16-2)9(8(5-6)17-3)11-10-12-13-14-18-10/h4-5H,1-3H3,(H,11,12,14). The predicted molar refractivity (Wildman–Crippen MR) is 67.1 cm³/mol. The number of methoxy groups -OCH3 is 3. The zero-order valence-electron chi connectivity index (χ0n) is 10.1. The lowest BCUT2D eigenvalue weighted by atomic mass is 10.2. The summed E-state index contributed by atoms with van der Waals surface area (Å²) in [5, 5.41) is 10.9. The number of aromatic nitrogens is 3. The minimum Gasteiger partial charge on any atom is -0.496 e. The van der Waals surface area contributed by atoms with Crippen molar-refractivity contribution in [3.05, 3.63) is 12.1 Å². The number of benzene rings is 1. The Hall–Kier alpha value is -2.09. The van der Waals surface area contributed by atoms with E-state index >= 15 is 0 Å². The molecule has 0 aliphatic rings. The van der Waals surface area contributed by atoms with E-state index in [9.17, 15) is 0 Å². The number of nitrogens with zero attached hydrogens (tertiary/aromatic N) is 3. The molecule has 7 nitrogen and oxygen atoms in total. The molecule has 1 heterocycles. The third kappa shape index (κ3) is 2.43. The molecule has 0 fully saturated rings. The molecule has 0 unspecified atom stereocenters. The van der Waals surface area contributed by atoms with E-state index in [1.54, 1.807) is 33.5 Å². The molecule has 0 aliphatic heterocycles. The first-order valence-corrected chi connectivity index (χ1v) is 5.78. The normalized spacial score (nSPS) is 9.94. The van der Waals surface area contributed by atoms with E-state index < -0.39 is 0 Å². The average molecular weight is 268 g/mol. The van der Waals surface area contributed by atoms with Crippen molar-refractivity contribution in [2.45, 2.75) is 0 Å². The SMILES string of the molecule is COc1cc(OC)c(Nc2nnns2)c(OC)c1. The molecule has 8 heteroatoms. The number of hydrogen-bond acceptors (Lipinski definition) is 8. The summed E-state index contributed by atoms with van der Waals surface area (Å²) in [5.74, 6) is 1.81. The van der Waals surface area contributed by atoms with E-state index in [1.807, 2.05) is 0 Å². The number of hydrogen-bond donors (Lipinski definition) is 1. The van der Waals surface area contributed by atoms with Gasteiger partial charge in [-0.2, -0.15) is 0 Å². The van der Waals surface area contributed by atoms with E-state index in [1.165, 1.54) is 0 Å². The highest BCUT2D eigenvalue weighted by atomic mass is 32.1. The minimum absolute atomic E-state index is 0.553. The first-order valence-electron chi connectivity index (χ1n) is 5.00. The van der Waals surface area contributed by atoms with Crippen LogP contribution in [-0.2, 0) is 0 Å². The Bertz CT molecular complexity index is 493. The molecule has 2 aromatic rings. The molecule has 2 rings (SSSR count). The topological polar surface area (TPSA) is 78.4 Å². The molecule has 0 bridgehead atoms. The summed E-state index contributed by atoms with van der Waals surface area (Å²) < 4.78 is 19.4. The summed E-state index contributed by atoms with van der Waals surface area (Å²) in [6.45, 7) is 0. The van der Waals surface area contributed by atoms with Crippen molar-refractivity contribution in [3.8, 4) is 17.2 Å². The molecule has 1 aromatic heterocycles. The van der Waals surface area contributed by atoms with Gasteiger partial charge in [-0.25, -0.2) is 0 Å². The highest BCUT2D eigenvalue weighted by Gasteiger charge is 2.14. The summed E-state index contributed by atoms with van der Waals surface area (Å²) in [6, 6.07) is 3.50. The zero-order valence-corrected chi connectivity index (χ0v) is 10.9. The molecular weight excluding hydrogens is 256 g/mol. The van der Waals surface area contributed by atoms with Crippen molar-refractivity contribution >= 4 is 22.4 Å². The van der Waals surface area contributed by atoms with Gasteiger partial charge in [-0.15, -0.1) is 0 Å². The maximum absolute atomic E-state index is 5.29. The van der Waals surface area contributed by atoms with Gasteiger partial charge in [-0.3, -0.25) is 0 Å². The first kappa shape index (κ1) is 12.4. The fourth-order valence-electron chi connectivity index (χ4n) is 1.42. The molecule has 0 aliphatic carbocycles. The highest BCUT2D eigenvalue weighted by molar-refractivity contribution is 7.09. The third-order valence-corrected chi connectivity index (χ3v) is 2.76. The van der Waals surface area contributed by atoms with Crippen molar-refractivity contribution in [1.29, 1.82) is 0 Å². The second-order valence-corrected chi connectivity index (χ2v) is 3.93. The maximum Gasteiger partial charge on any atom is 0.229 e. The van der Waals surface area contributed by atoms with Gasteiger partial charge >= 0.3 is 0 Å². The van der Waals surface area contributed by atoms with Crippen LogP contribution in [0.15, 0.2) is 12.1 Å². The highest BCUT2D eigenvalue weighted by Crippen LogP contribution is 2.40. The van der Waals surface area contributed by atoms with E-state index in [4.69, 9.17) is 14.2 Å². The maximum atomic E-state index is 5.29. The molecule has 0 saturated heterocycles. The van der Waals surface area contributed by atoms with Crippen LogP contribution in [0.5, 0.6) is 17.2 Å². The first-order chi connectivity index (χ1) is 8.78. The van der Waals surface area contributed by atoms with Crippen LogP contribution in [-0.4, -0.2) is 36.1 Å². The van der Waals surface area contributed by atoms with Crippen molar-refractivity contribution in [2.75, 3.05) is 26.6 Å². The van der Waals surface area contributed by atoms with Gasteiger partial charge in [0.15, 0.2) is 0 Å². The average Bonchev–Trinajstić information content (AvgIpc) is 2.91. The molecule has 0 atom stereocenters. The smallest absolute Gasteiger partial charge is 0.229 e. The summed E-state index contributed by atoms with van der Waals surface area (Å²) in [5.41, 5.74) is 0.652. The Morgan fingerprint density at radius 3 is 2.17 bits per heavy atom. The van der Waals surface area contributed by atoms with Crippen molar-refractivity contribution in [1.82, 2.24) is 14.8 Å². The van der Waals surface area contributed by atoms with Crippen LogP contribution in [0.4, 0.5) is 10.8 Å². The molecule has 1 N–H and O–H groups in total. The second-order valence-electron chi connectivity index (χ2n) is 3.20. The predicted octanol–water partition coefficient (Wildman–Crippen LogP) is 1.70. The van der Waals surface area contributed by atoms with E-state index in [0.29, 0.717) is 28.1 Å². The number of ether oxygens (including phenoxy) is 3.